The van der Waals surface area contributed by atoms with Crippen LogP contribution < -0.4 is 20.7 Å². The predicted molar refractivity (Wildman–Crippen MR) is 132 cm³/mol. The standard InChI is InChI=1S/C20H16BrClF3N6O5P/c1-26-18(32)16-12(3-4-15(21)30-16)28-17-10(20(23,24)25)7-27-19(31-17)29-13-6-11(22)9(5-14(13)35-2)8-36-37(33)34/h3-7H,8H2,1-2H3,(H3-,26,27,28,29,31,32,33,34)/p+1. The van der Waals surface area contributed by atoms with Gasteiger partial charge in [-0.15, -0.1) is 9.42 Å². The van der Waals surface area contributed by atoms with Gasteiger partial charge in [-0.05, 0) is 40.2 Å². The van der Waals surface area contributed by atoms with Crippen molar-refractivity contribution in [3.63, 3.8) is 0 Å². The summed E-state index contributed by atoms with van der Waals surface area (Å²) < 4.78 is 62.2. The highest BCUT2D eigenvalue weighted by molar-refractivity contribution is 9.10. The number of alkyl halides is 3. The fraction of sp³-hybridized carbons (Fsp3) is 0.200. The smallest absolute Gasteiger partial charge is 0.495 e. The Bertz CT molecular complexity index is 1350. The molecule has 0 aliphatic heterocycles. The molecule has 196 valence electrons. The molecule has 11 nitrogen and oxygen atoms in total. The van der Waals surface area contributed by atoms with E-state index in [4.69, 9.17) is 21.2 Å². The van der Waals surface area contributed by atoms with E-state index in [-0.39, 0.29) is 40.4 Å². The molecular formula is C20H17BrClF3N6O5P+. The van der Waals surface area contributed by atoms with Crippen molar-refractivity contribution in [2.75, 3.05) is 24.8 Å². The van der Waals surface area contributed by atoms with Crippen LogP contribution in [0.5, 0.6) is 5.75 Å². The van der Waals surface area contributed by atoms with Crippen molar-refractivity contribution in [3.05, 3.63) is 56.9 Å². The van der Waals surface area contributed by atoms with Crippen LogP contribution in [0.4, 0.5) is 36.3 Å². The van der Waals surface area contributed by atoms with Crippen LogP contribution in [0.2, 0.25) is 5.02 Å². The number of ether oxygens (including phenoxy) is 1. The highest BCUT2D eigenvalue weighted by atomic mass is 79.9. The van der Waals surface area contributed by atoms with E-state index in [2.05, 4.69) is 51.4 Å². The normalized spacial score (nSPS) is 11.6. The molecule has 1 aromatic carbocycles. The number of aromatic nitrogens is 3. The Morgan fingerprint density at radius 3 is 2.57 bits per heavy atom. The van der Waals surface area contributed by atoms with Crippen molar-refractivity contribution in [2.45, 2.75) is 12.8 Å². The molecule has 1 unspecified atom stereocenters. The van der Waals surface area contributed by atoms with Gasteiger partial charge in [-0.1, -0.05) is 11.6 Å². The molecule has 0 saturated heterocycles. The molecule has 0 spiro atoms. The highest BCUT2D eigenvalue weighted by Crippen LogP contribution is 2.38. The molecule has 0 saturated carbocycles. The molecule has 1 amide bonds. The average Bonchev–Trinajstić information content (AvgIpc) is 2.83. The summed E-state index contributed by atoms with van der Waals surface area (Å²) in [5.41, 5.74) is -0.897. The zero-order valence-electron chi connectivity index (χ0n) is 18.9. The van der Waals surface area contributed by atoms with E-state index in [1.54, 1.807) is 0 Å². The van der Waals surface area contributed by atoms with Crippen LogP contribution in [-0.2, 0) is 21.9 Å². The molecule has 2 aromatic heterocycles. The minimum Gasteiger partial charge on any atom is -0.495 e. The van der Waals surface area contributed by atoms with E-state index in [0.717, 1.165) is 0 Å². The van der Waals surface area contributed by atoms with Gasteiger partial charge in [0.05, 0.1) is 18.5 Å². The second kappa shape index (κ2) is 12.0. The van der Waals surface area contributed by atoms with E-state index in [0.29, 0.717) is 16.4 Å². The highest BCUT2D eigenvalue weighted by Gasteiger charge is 2.36. The molecule has 4 N–H and O–H groups in total. The monoisotopic (exact) mass is 623 g/mol. The fourth-order valence-corrected chi connectivity index (χ4v) is 3.70. The van der Waals surface area contributed by atoms with Crippen LogP contribution in [0, 0.1) is 0 Å². The second-order valence-corrected chi connectivity index (χ2v) is 8.92. The Labute approximate surface area is 221 Å². The molecule has 3 rings (SSSR count). The summed E-state index contributed by atoms with van der Waals surface area (Å²) in [4.78, 5) is 32.7. The topological polar surface area (TPSA) is 148 Å². The number of anilines is 4. The van der Waals surface area contributed by atoms with Gasteiger partial charge in [-0.2, -0.15) is 18.2 Å². The zero-order chi connectivity index (χ0) is 27.3. The number of halogens is 5. The maximum absolute atomic E-state index is 13.7. The quantitative estimate of drug-likeness (QED) is 0.182. The molecule has 17 heteroatoms. The number of carbonyl (C=O) groups excluding carboxylic acids is 1. The molecule has 2 heterocycles. The summed E-state index contributed by atoms with van der Waals surface area (Å²) >= 11 is 9.33. The number of hydrogen-bond donors (Lipinski definition) is 4. The maximum atomic E-state index is 13.7. The van der Waals surface area contributed by atoms with Crippen LogP contribution in [0.15, 0.2) is 35.1 Å². The summed E-state index contributed by atoms with van der Waals surface area (Å²) in [5.74, 6) is -1.38. The van der Waals surface area contributed by atoms with Crippen LogP contribution in [0.1, 0.15) is 21.6 Å². The first-order valence-corrected chi connectivity index (χ1v) is 12.3. The van der Waals surface area contributed by atoms with Gasteiger partial charge in [-0.25, -0.2) is 9.97 Å². The lowest BCUT2D eigenvalue weighted by Gasteiger charge is -2.17. The molecule has 3 aromatic rings. The third kappa shape index (κ3) is 7.23. The lowest BCUT2D eigenvalue weighted by molar-refractivity contribution is -0.137. The van der Waals surface area contributed by atoms with Crippen molar-refractivity contribution in [3.8, 4) is 5.75 Å². The number of pyridine rings is 1. The van der Waals surface area contributed by atoms with Crippen LogP contribution >= 0.6 is 35.8 Å². The van der Waals surface area contributed by atoms with E-state index >= 15 is 0 Å². The first-order chi connectivity index (χ1) is 17.4. The minimum atomic E-state index is -4.83. The summed E-state index contributed by atoms with van der Waals surface area (Å²) in [7, 11) is -0.186. The van der Waals surface area contributed by atoms with Crippen molar-refractivity contribution in [2.24, 2.45) is 0 Å². The second-order valence-electron chi connectivity index (χ2n) is 6.97. The first kappa shape index (κ1) is 28.5. The lowest BCUT2D eigenvalue weighted by atomic mass is 10.2. The number of rotatable bonds is 9. The van der Waals surface area contributed by atoms with Gasteiger partial charge >= 0.3 is 14.4 Å². The molecule has 0 aliphatic rings. The number of nitrogens with one attached hydrogen (secondary N) is 3. The number of methoxy groups -OCH3 is 1. The Kier molecular flexibility index (Phi) is 9.21. The summed E-state index contributed by atoms with van der Waals surface area (Å²) in [6.45, 7) is -0.291. The predicted octanol–water partition coefficient (Wildman–Crippen LogP) is 5.33. The van der Waals surface area contributed by atoms with E-state index < -0.39 is 31.7 Å². The first-order valence-electron chi connectivity index (χ1n) is 9.95. The maximum Gasteiger partial charge on any atom is 0.695 e. The van der Waals surface area contributed by atoms with Crippen molar-refractivity contribution < 1.29 is 36.7 Å². The van der Waals surface area contributed by atoms with Gasteiger partial charge in [0.15, 0.2) is 5.69 Å². The molecule has 1 atom stereocenters. The number of carbonyl (C=O) groups is 1. The van der Waals surface area contributed by atoms with Crippen molar-refractivity contribution in [1.82, 2.24) is 20.3 Å². The van der Waals surface area contributed by atoms with E-state index in [9.17, 15) is 22.5 Å². The van der Waals surface area contributed by atoms with Crippen LogP contribution in [0.25, 0.3) is 0 Å². The van der Waals surface area contributed by atoms with Gasteiger partial charge < -0.3 is 20.7 Å². The molecule has 0 fully saturated rings. The summed E-state index contributed by atoms with van der Waals surface area (Å²) in [5, 5.41) is 7.72. The molecule has 0 aliphatic carbocycles. The third-order valence-corrected chi connectivity index (χ3v) is 5.74. The fourth-order valence-electron chi connectivity index (χ4n) is 2.92. The SMILES string of the molecule is CNC(=O)c1nc(Br)ccc1Nc1nc(Nc2cc(Cl)c(CO[P+](=O)O)cc2OC)ncc1C(F)(F)F. The van der Waals surface area contributed by atoms with Gasteiger partial charge in [0, 0.05) is 28.4 Å². The van der Waals surface area contributed by atoms with Gasteiger partial charge in [0.1, 0.15) is 28.3 Å². The third-order valence-electron chi connectivity index (χ3n) is 4.60. The Balaban J connectivity index is 2.01. The Hall–Kier alpha value is -3.10. The van der Waals surface area contributed by atoms with Crippen molar-refractivity contribution >= 4 is 64.8 Å². The van der Waals surface area contributed by atoms with Crippen molar-refractivity contribution in [1.29, 1.82) is 0 Å². The van der Waals surface area contributed by atoms with E-state index in [1.165, 1.54) is 38.4 Å². The Morgan fingerprint density at radius 1 is 1.22 bits per heavy atom. The number of benzene rings is 1. The minimum absolute atomic E-state index is 0.0371. The Morgan fingerprint density at radius 2 is 1.95 bits per heavy atom. The van der Waals surface area contributed by atoms with Gasteiger partial charge in [-0.3, -0.25) is 4.79 Å². The number of nitrogens with zero attached hydrogens (tertiary/aromatic N) is 3. The molecule has 37 heavy (non-hydrogen) atoms. The number of hydrogen-bond acceptors (Lipinski definition) is 9. The van der Waals surface area contributed by atoms with Gasteiger partial charge in [0.2, 0.25) is 5.95 Å². The summed E-state index contributed by atoms with van der Waals surface area (Å²) in [6, 6.07) is 5.57. The van der Waals surface area contributed by atoms with Crippen LogP contribution in [0.3, 0.4) is 0 Å². The zero-order valence-corrected chi connectivity index (χ0v) is 22.1. The molecule has 0 radical (unpaired) electrons. The molecular weight excluding hydrogens is 608 g/mol. The molecule has 0 bridgehead atoms. The average molecular weight is 625 g/mol. The largest absolute Gasteiger partial charge is 0.695 e. The van der Waals surface area contributed by atoms with Gasteiger partial charge in [0.25, 0.3) is 5.91 Å². The summed E-state index contributed by atoms with van der Waals surface area (Å²) in [6.07, 6.45) is -4.26. The lowest BCUT2D eigenvalue weighted by Crippen LogP contribution is -2.21. The van der Waals surface area contributed by atoms with Crippen LogP contribution in [-0.4, -0.2) is 39.9 Å². The number of amides is 1. The van der Waals surface area contributed by atoms with E-state index in [1.807, 2.05) is 0 Å².